The lowest BCUT2D eigenvalue weighted by Gasteiger charge is -2.18. The maximum atomic E-state index is 13.6. The van der Waals surface area contributed by atoms with E-state index >= 15 is 0 Å². The van der Waals surface area contributed by atoms with E-state index in [1.807, 2.05) is 30.3 Å². The first kappa shape index (κ1) is 13.0. The molecule has 2 aromatic carbocycles. The smallest absolute Gasteiger partial charge is 0.239 e. The van der Waals surface area contributed by atoms with Crippen LogP contribution in [0.25, 0.3) is 0 Å². The van der Waals surface area contributed by atoms with E-state index in [4.69, 9.17) is 0 Å². The molecule has 2 unspecified atom stereocenters. The molecule has 1 fully saturated rings. The monoisotopic (exact) mass is 292 g/mol. The van der Waals surface area contributed by atoms with Crippen LogP contribution in [0.2, 0.25) is 0 Å². The number of amides is 1. The van der Waals surface area contributed by atoms with Crippen molar-refractivity contribution in [3.05, 3.63) is 65.5 Å². The van der Waals surface area contributed by atoms with Crippen molar-refractivity contribution in [1.82, 2.24) is 0 Å². The molecule has 1 heterocycles. The minimum Gasteiger partial charge on any atom is -0.307 e. The van der Waals surface area contributed by atoms with Gasteiger partial charge < -0.3 is 4.90 Å². The number of rotatable bonds is 2. The van der Waals surface area contributed by atoms with Gasteiger partial charge in [-0.3, -0.25) is 4.79 Å². The van der Waals surface area contributed by atoms with E-state index in [0.717, 1.165) is 11.3 Å². The Morgan fingerprint density at radius 2 is 2.05 bits per heavy atom. The molecule has 1 amide bonds. The molecule has 1 spiro atoms. The second-order valence-electron chi connectivity index (χ2n) is 5.90. The highest BCUT2D eigenvalue weighted by Crippen LogP contribution is 2.61. The summed E-state index contributed by atoms with van der Waals surface area (Å²) in [4.78, 5) is 14.6. The van der Waals surface area contributed by atoms with Gasteiger partial charge in [0.15, 0.2) is 0 Å². The minimum absolute atomic E-state index is 0.0801. The third-order valence-corrected chi connectivity index (χ3v) is 4.66. The van der Waals surface area contributed by atoms with Crippen molar-refractivity contribution in [3.63, 3.8) is 0 Å². The zero-order chi connectivity index (χ0) is 15.3. The number of halogens is 1. The topological polar surface area (TPSA) is 44.1 Å². The number of fused-ring (bicyclic) bond motifs is 2. The van der Waals surface area contributed by atoms with E-state index < -0.39 is 5.41 Å². The Hall–Kier alpha value is -2.67. The molecule has 0 aromatic heterocycles. The fourth-order valence-corrected chi connectivity index (χ4v) is 3.44. The molecule has 0 saturated heterocycles. The molecule has 4 heteroatoms. The molecule has 1 saturated carbocycles. The second kappa shape index (κ2) is 4.41. The largest absolute Gasteiger partial charge is 0.307 e. The molecule has 108 valence electrons. The van der Waals surface area contributed by atoms with Crippen molar-refractivity contribution < 1.29 is 9.18 Å². The van der Waals surface area contributed by atoms with Crippen LogP contribution >= 0.6 is 0 Å². The lowest BCUT2D eigenvalue weighted by molar-refractivity contribution is -0.120. The van der Waals surface area contributed by atoms with Crippen molar-refractivity contribution in [2.24, 2.45) is 5.92 Å². The zero-order valence-electron chi connectivity index (χ0n) is 11.8. The second-order valence-corrected chi connectivity index (χ2v) is 5.90. The fraction of sp³-hybridized carbons (Fsp3) is 0.222. The van der Waals surface area contributed by atoms with E-state index in [1.165, 1.54) is 12.1 Å². The SMILES string of the molecule is N#CC1CC12C(=O)N(Cc1ccccc1)c1ccc(F)cc12. The standard InChI is InChI=1S/C18H13FN2O/c19-14-6-7-16-15(8-14)18(9-13(18)10-20)17(22)21(16)11-12-4-2-1-3-5-12/h1-8,13H,9,11H2. The average Bonchev–Trinajstić information content (AvgIpc) is 3.24. The van der Waals surface area contributed by atoms with Crippen LogP contribution < -0.4 is 4.90 Å². The normalized spacial score (nSPS) is 25.2. The first-order valence-corrected chi connectivity index (χ1v) is 7.22. The summed E-state index contributed by atoms with van der Waals surface area (Å²) in [6.07, 6.45) is 0.490. The number of benzene rings is 2. The molecular formula is C18H13FN2O. The number of anilines is 1. The Balaban J connectivity index is 1.79. The average molecular weight is 292 g/mol. The Labute approximate surface area is 127 Å². The Bertz CT molecular complexity index is 812. The molecule has 3 nitrogen and oxygen atoms in total. The highest BCUT2D eigenvalue weighted by Gasteiger charge is 2.67. The van der Waals surface area contributed by atoms with Gasteiger partial charge in [0, 0.05) is 5.69 Å². The van der Waals surface area contributed by atoms with Gasteiger partial charge in [0.1, 0.15) is 5.82 Å². The van der Waals surface area contributed by atoms with Crippen LogP contribution in [0.3, 0.4) is 0 Å². The summed E-state index contributed by atoms with van der Waals surface area (Å²) in [5.74, 6) is -0.791. The van der Waals surface area contributed by atoms with Crippen LogP contribution in [0.4, 0.5) is 10.1 Å². The summed E-state index contributed by atoms with van der Waals surface area (Å²) in [5.41, 5.74) is 1.59. The van der Waals surface area contributed by atoms with Gasteiger partial charge in [-0.2, -0.15) is 5.26 Å². The number of nitriles is 1. The van der Waals surface area contributed by atoms with E-state index in [0.29, 0.717) is 18.5 Å². The van der Waals surface area contributed by atoms with Gasteiger partial charge in [-0.25, -0.2) is 4.39 Å². The first-order chi connectivity index (χ1) is 10.7. The molecule has 2 aliphatic rings. The molecule has 0 radical (unpaired) electrons. The molecule has 22 heavy (non-hydrogen) atoms. The van der Waals surface area contributed by atoms with Gasteiger partial charge in [-0.15, -0.1) is 0 Å². The van der Waals surface area contributed by atoms with Gasteiger partial charge >= 0.3 is 0 Å². The molecule has 4 rings (SSSR count). The van der Waals surface area contributed by atoms with E-state index in [-0.39, 0.29) is 17.6 Å². The molecular weight excluding hydrogens is 279 g/mol. The van der Waals surface area contributed by atoms with Crippen LogP contribution in [0.1, 0.15) is 17.5 Å². The highest BCUT2D eigenvalue weighted by molar-refractivity contribution is 6.10. The first-order valence-electron chi connectivity index (χ1n) is 7.22. The third kappa shape index (κ3) is 1.62. The quantitative estimate of drug-likeness (QED) is 0.853. The van der Waals surface area contributed by atoms with Gasteiger partial charge in [0.2, 0.25) is 5.91 Å². The van der Waals surface area contributed by atoms with Gasteiger partial charge in [0.05, 0.1) is 23.9 Å². The predicted molar refractivity (Wildman–Crippen MR) is 79.4 cm³/mol. The van der Waals surface area contributed by atoms with Gasteiger partial charge in [0.25, 0.3) is 0 Å². The summed E-state index contributed by atoms with van der Waals surface area (Å²) in [5, 5.41) is 9.21. The molecule has 2 aromatic rings. The van der Waals surface area contributed by atoms with E-state index in [1.54, 1.807) is 11.0 Å². The summed E-state index contributed by atoms with van der Waals surface area (Å²) in [6.45, 7) is 0.443. The van der Waals surface area contributed by atoms with Crippen LogP contribution in [0, 0.1) is 23.1 Å². The molecule has 2 atom stereocenters. The highest BCUT2D eigenvalue weighted by atomic mass is 19.1. The summed E-state index contributed by atoms with van der Waals surface area (Å²) >= 11 is 0. The summed E-state index contributed by atoms with van der Waals surface area (Å²) in [7, 11) is 0. The molecule has 0 bridgehead atoms. The van der Waals surface area contributed by atoms with Crippen LogP contribution in [-0.4, -0.2) is 5.91 Å². The van der Waals surface area contributed by atoms with E-state index in [9.17, 15) is 14.4 Å². The minimum atomic E-state index is -0.818. The predicted octanol–water partition coefficient (Wildman–Crippen LogP) is 3.15. The van der Waals surface area contributed by atoms with Crippen molar-refractivity contribution in [2.45, 2.75) is 18.4 Å². The van der Waals surface area contributed by atoms with Crippen molar-refractivity contribution in [3.8, 4) is 6.07 Å². The molecule has 1 aliphatic heterocycles. The van der Waals surface area contributed by atoms with Crippen LogP contribution in [-0.2, 0) is 16.8 Å². The lowest BCUT2D eigenvalue weighted by atomic mass is 9.95. The van der Waals surface area contributed by atoms with Gasteiger partial charge in [-0.1, -0.05) is 30.3 Å². The third-order valence-electron chi connectivity index (χ3n) is 4.66. The molecule has 0 N–H and O–H groups in total. The van der Waals surface area contributed by atoms with Crippen molar-refractivity contribution in [2.75, 3.05) is 4.90 Å². The van der Waals surface area contributed by atoms with Crippen LogP contribution in [0.15, 0.2) is 48.5 Å². The Morgan fingerprint density at radius 1 is 1.27 bits per heavy atom. The number of hydrogen-bond donors (Lipinski definition) is 0. The van der Waals surface area contributed by atoms with Crippen molar-refractivity contribution >= 4 is 11.6 Å². The molecule has 1 aliphatic carbocycles. The maximum absolute atomic E-state index is 13.6. The lowest BCUT2D eigenvalue weighted by Crippen LogP contribution is -2.32. The van der Waals surface area contributed by atoms with Crippen molar-refractivity contribution in [1.29, 1.82) is 5.26 Å². The number of carbonyl (C=O) groups excluding carboxylic acids is 1. The summed E-state index contributed by atoms with van der Waals surface area (Å²) in [6, 6.07) is 16.3. The van der Waals surface area contributed by atoms with E-state index in [2.05, 4.69) is 6.07 Å². The summed E-state index contributed by atoms with van der Waals surface area (Å²) < 4.78 is 13.6. The Morgan fingerprint density at radius 3 is 2.73 bits per heavy atom. The number of hydrogen-bond acceptors (Lipinski definition) is 2. The number of carbonyl (C=O) groups is 1. The zero-order valence-corrected chi connectivity index (χ0v) is 11.8. The number of nitrogens with zero attached hydrogens (tertiary/aromatic N) is 2. The van der Waals surface area contributed by atoms with Gasteiger partial charge in [-0.05, 0) is 35.7 Å². The maximum Gasteiger partial charge on any atom is 0.239 e. The van der Waals surface area contributed by atoms with Crippen LogP contribution in [0.5, 0.6) is 0 Å². The Kier molecular flexibility index (Phi) is 2.61. The fourth-order valence-electron chi connectivity index (χ4n) is 3.44.